The van der Waals surface area contributed by atoms with Crippen LogP contribution in [0, 0.1) is 0 Å². The summed E-state index contributed by atoms with van der Waals surface area (Å²) in [6.45, 7) is 4.07. The molecular formula is C12H18ClN3O. The summed E-state index contributed by atoms with van der Waals surface area (Å²) in [4.78, 5) is 13.4. The molecule has 0 atom stereocenters. The minimum atomic E-state index is -0.0539. The van der Waals surface area contributed by atoms with Crippen LogP contribution in [-0.2, 0) is 4.79 Å². The van der Waals surface area contributed by atoms with Gasteiger partial charge in [0.1, 0.15) is 0 Å². The highest BCUT2D eigenvalue weighted by Crippen LogP contribution is 2.30. The van der Waals surface area contributed by atoms with E-state index in [1.165, 1.54) is 0 Å². The van der Waals surface area contributed by atoms with Gasteiger partial charge in [-0.2, -0.15) is 0 Å². The lowest BCUT2D eigenvalue weighted by Crippen LogP contribution is -2.38. The number of anilines is 2. The maximum Gasteiger partial charge on any atom is 0.239 e. The van der Waals surface area contributed by atoms with E-state index in [4.69, 9.17) is 17.3 Å². The summed E-state index contributed by atoms with van der Waals surface area (Å²) in [7, 11) is 1.79. The van der Waals surface area contributed by atoms with Crippen molar-refractivity contribution in [3.05, 3.63) is 23.2 Å². The van der Waals surface area contributed by atoms with Gasteiger partial charge in [-0.25, -0.2) is 0 Å². The van der Waals surface area contributed by atoms with Crippen LogP contribution in [0.15, 0.2) is 18.2 Å². The Hall–Kier alpha value is -1.42. The summed E-state index contributed by atoms with van der Waals surface area (Å²) in [6, 6.07) is 5.42. The first-order valence-corrected chi connectivity index (χ1v) is 5.84. The number of para-hydroxylation sites is 1. The smallest absolute Gasteiger partial charge is 0.239 e. The fourth-order valence-electron chi connectivity index (χ4n) is 1.60. The Balaban J connectivity index is 2.76. The Labute approximate surface area is 107 Å². The normalized spacial score (nSPS) is 10.4. The van der Waals surface area contributed by atoms with E-state index in [9.17, 15) is 4.79 Å². The average Bonchev–Trinajstić information content (AvgIpc) is 2.15. The van der Waals surface area contributed by atoms with Crippen molar-refractivity contribution in [3.63, 3.8) is 0 Å². The second-order valence-corrected chi connectivity index (χ2v) is 4.66. The predicted molar refractivity (Wildman–Crippen MR) is 72.4 cm³/mol. The van der Waals surface area contributed by atoms with Crippen molar-refractivity contribution in [2.75, 3.05) is 24.2 Å². The van der Waals surface area contributed by atoms with Crippen LogP contribution in [0.5, 0.6) is 0 Å². The number of benzene rings is 1. The van der Waals surface area contributed by atoms with Gasteiger partial charge in [-0.15, -0.1) is 0 Å². The molecule has 0 spiro atoms. The number of amides is 1. The number of carbonyl (C=O) groups is 1. The third-order valence-electron chi connectivity index (χ3n) is 2.23. The number of likely N-dealkylation sites (N-methyl/N-ethyl adjacent to an activating group) is 1. The maximum absolute atomic E-state index is 11.6. The van der Waals surface area contributed by atoms with Gasteiger partial charge in [0, 0.05) is 13.1 Å². The highest BCUT2D eigenvalue weighted by molar-refractivity contribution is 6.34. The second-order valence-electron chi connectivity index (χ2n) is 4.26. The van der Waals surface area contributed by atoms with Crippen molar-refractivity contribution in [2.24, 2.45) is 0 Å². The van der Waals surface area contributed by atoms with Crippen LogP contribution in [0.2, 0.25) is 5.02 Å². The third kappa shape index (κ3) is 3.82. The van der Waals surface area contributed by atoms with Gasteiger partial charge >= 0.3 is 0 Å². The number of nitrogens with two attached hydrogens (primary N) is 1. The monoisotopic (exact) mass is 255 g/mol. The number of halogens is 1. The van der Waals surface area contributed by atoms with Crippen LogP contribution in [0.1, 0.15) is 13.8 Å². The Kier molecular flexibility index (Phi) is 4.63. The zero-order valence-corrected chi connectivity index (χ0v) is 11.1. The van der Waals surface area contributed by atoms with Crippen molar-refractivity contribution in [2.45, 2.75) is 19.9 Å². The lowest BCUT2D eigenvalue weighted by Gasteiger charge is -2.22. The van der Waals surface area contributed by atoms with E-state index >= 15 is 0 Å². The fourth-order valence-corrected chi connectivity index (χ4v) is 1.92. The molecule has 94 valence electrons. The van der Waals surface area contributed by atoms with Crippen molar-refractivity contribution in [1.82, 2.24) is 5.32 Å². The van der Waals surface area contributed by atoms with Crippen molar-refractivity contribution >= 4 is 28.9 Å². The summed E-state index contributed by atoms with van der Waals surface area (Å²) < 4.78 is 0. The topological polar surface area (TPSA) is 58.4 Å². The van der Waals surface area contributed by atoms with E-state index < -0.39 is 0 Å². The minimum Gasteiger partial charge on any atom is -0.397 e. The van der Waals surface area contributed by atoms with Gasteiger partial charge in [-0.05, 0) is 26.0 Å². The maximum atomic E-state index is 11.6. The fraction of sp³-hybridized carbons (Fsp3) is 0.417. The molecule has 0 unspecified atom stereocenters. The summed E-state index contributed by atoms with van der Waals surface area (Å²) in [5, 5.41) is 3.36. The van der Waals surface area contributed by atoms with E-state index in [1.807, 2.05) is 13.8 Å². The number of hydrogen-bond donors (Lipinski definition) is 2. The molecule has 0 saturated heterocycles. The molecule has 1 amide bonds. The van der Waals surface area contributed by atoms with Crippen molar-refractivity contribution < 1.29 is 4.79 Å². The van der Waals surface area contributed by atoms with Crippen LogP contribution < -0.4 is 16.0 Å². The largest absolute Gasteiger partial charge is 0.397 e. The summed E-state index contributed by atoms with van der Waals surface area (Å²) >= 11 is 6.06. The van der Waals surface area contributed by atoms with Gasteiger partial charge in [0.25, 0.3) is 0 Å². The molecule has 0 aliphatic heterocycles. The quantitative estimate of drug-likeness (QED) is 0.808. The van der Waals surface area contributed by atoms with E-state index in [-0.39, 0.29) is 18.5 Å². The molecule has 0 radical (unpaired) electrons. The summed E-state index contributed by atoms with van der Waals surface area (Å²) in [6.07, 6.45) is 0. The Morgan fingerprint density at radius 1 is 1.53 bits per heavy atom. The summed E-state index contributed by atoms with van der Waals surface area (Å²) in [5.74, 6) is -0.0539. The van der Waals surface area contributed by atoms with Gasteiger partial charge in [-0.3, -0.25) is 4.79 Å². The van der Waals surface area contributed by atoms with E-state index in [0.29, 0.717) is 16.4 Å². The number of nitrogen functional groups attached to an aromatic ring is 1. The molecule has 0 fully saturated rings. The molecule has 0 saturated carbocycles. The first kappa shape index (κ1) is 13.6. The van der Waals surface area contributed by atoms with E-state index in [2.05, 4.69) is 5.32 Å². The Bertz CT molecular complexity index is 386. The molecule has 1 rings (SSSR count). The zero-order chi connectivity index (χ0) is 13.0. The molecule has 3 N–H and O–H groups in total. The number of rotatable bonds is 4. The standard InChI is InChI=1S/C12H18ClN3O/c1-8(2)15-11(17)7-16(3)12-9(13)5-4-6-10(12)14/h4-6,8H,7,14H2,1-3H3,(H,15,17). The van der Waals surface area contributed by atoms with Crippen LogP contribution in [0.25, 0.3) is 0 Å². The summed E-state index contributed by atoms with van der Waals surface area (Å²) in [5.41, 5.74) is 7.10. The predicted octanol–water partition coefficient (Wildman–Crippen LogP) is 1.88. The van der Waals surface area contributed by atoms with Crippen LogP contribution >= 0.6 is 11.6 Å². The van der Waals surface area contributed by atoms with Crippen LogP contribution in [0.4, 0.5) is 11.4 Å². The number of hydrogen-bond acceptors (Lipinski definition) is 3. The molecule has 5 heteroatoms. The van der Waals surface area contributed by atoms with Gasteiger partial charge in [0.15, 0.2) is 0 Å². The average molecular weight is 256 g/mol. The first-order valence-electron chi connectivity index (χ1n) is 5.46. The number of nitrogens with zero attached hydrogens (tertiary/aromatic N) is 1. The number of carbonyl (C=O) groups excluding carboxylic acids is 1. The molecule has 4 nitrogen and oxygen atoms in total. The minimum absolute atomic E-state index is 0.0539. The molecular weight excluding hydrogens is 238 g/mol. The molecule has 0 aliphatic carbocycles. The van der Waals surface area contributed by atoms with Crippen LogP contribution in [-0.4, -0.2) is 25.5 Å². The Morgan fingerprint density at radius 3 is 2.71 bits per heavy atom. The lowest BCUT2D eigenvalue weighted by atomic mass is 10.2. The van der Waals surface area contributed by atoms with Crippen molar-refractivity contribution in [3.8, 4) is 0 Å². The van der Waals surface area contributed by atoms with Gasteiger partial charge in [0.2, 0.25) is 5.91 Å². The van der Waals surface area contributed by atoms with E-state index in [0.717, 1.165) is 0 Å². The van der Waals surface area contributed by atoms with Crippen molar-refractivity contribution in [1.29, 1.82) is 0 Å². The highest BCUT2D eigenvalue weighted by Gasteiger charge is 2.13. The molecule has 0 bridgehead atoms. The van der Waals surface area contributed by atoms with Gasteiger partial charge < -0.3 is 16.0 Å². The first-order chi connectivity index (χ1) is 7.91. The van der Waals surface area contributed by atoms with Crippen LogP contribution in [0.3, 0.4) is 0 Å². The molecule has 0 aromatic heterocycles. The molecule has 0 aliphatic rings. The second kappa shape index (κ2) is 5.77. The SMILES string of the molecule is CC(C)NC(=O)CN(C)c1c(N)cccc1Cl. The molecule has 1 aromatic rings. The highest BCUT2D eigenvalue weighted by atomic mass is 35.5. The van der Waals surface area contributed by atoms with Gasteiger partial charge in [-0.1, -0.05) is 17.7 Å². The number of nitrogens with one attached hydrogen (secondary N) is 1. The zero-order valence-electron chi connectivity index (χ0n) is 10.3. The van der Waals surface area contributed by atoms with E-state index in [1.54, 1.807) is 30.1 Å². The molecule has 0 heterocycles. The molecule has 17 heavy (non-hydrogen) atoms. The van der Waals surface area contributed by atoms with Gasteiger partial charge in [0.05, 0.1) is 22.9 Å². The molecule has 1 aromatic carbocycles. The Morgan fingerprint density at radius 2 is 2.18 bits per heavy atom. The third-order valence-corrected chi connectivity index (χ3v) is 2.54. The lowest BCUT2D eigenvalue weighted by molar-refractivity contribution is -0.120.